The van der Waals surface area contributed by atoms with Crippen molar-refractivity contribution >= 4 is 17.7 Å². The highest BCUT2D eigenvalue weighted by Crippen LogP contribution is 2.37. The number of H-pyrrole nitrogens is 1. The molecular formula is C13H17N3O3. The van der Waals surface area contributed by atoms with Gasteiger partial charge in [-0.2, -0.15) is 0 Å². The first-order valence-corrected chi connectivity index (χ1v) is 6.55. The Morgan fingerprint density at radius 1 is 1.47 bits per heavy atom. The van der Waals surface area contributed by atoms with Crippen LogP contribution in [0.25, 0.3) is 0 Å². The summed E-state index contributed by atoms with van der Waals surface area (Å²) in [6.45, 7) is 2.56. The summed E-state index contributed by atoms with van der Waals surface area (Å²) in [5, 5.41) is 11.8. The number of carbonyl (C=O) groups excluding carboxylic acids is 1. The third-order valence-corrected chi connectivity index (χ3v) is 4.08. The topological polar surface area (TPSA) is 85.4 Å². The fourth-order valence-electron chi connectivity index (χ4n) is 3.22. The van der Waals surface area contributed by atoms with E-state index in [1.807, 2.05) is 4.90 Å². The molecule has 1 aliphatic carbocycles. The van der Waals surface area contributed by atoms with Crippen LogP contribution < -0.4 is 5.32 Å². The molecule has 2 heterocycles. The molecule has 1 aromatic rings. The summed E-state index contributed by atoms with van der Waals surface area (Å²) < 4.78 is 0. The lowest BCUT2D eigenvalue weighted by Crippen LogP contribution is -2.40. The monoisotopic (exact) mass is 263 g/mol. The van der Waals surface area contributed by atoms with Gasteiger partial charge in [-0.15, -0.1) is 0 Å². The van der Waals surface area contributed by atoms with E-state index in [9.17, 15) is 9.59 Å². The Morgan fingerprint density at radius 2 is 2.26 bits per heavy atom. The van der Waals surface area contributed by atoms with E-state index < -0.39 is 5.97 Å². The van der Waals surface area contributed by atoms with E-state index >= 15 is 0 Å². The van der Waals surface area contributed by atoms with Crippen LogP contribution in [0.2, 0.25) is 0 Å². The number of rotatable bonds is 2. The molecular weight excluding hydrogens is 246 g/mol. The van der Waals surface area contributed by atoms with E-state index in [2.05, 4.69) is 10.3 Å². The smallest absolute Gasteiger partial charge is 0.354 e. The zero-order valence-electron chi connectivity index (χ0n) is 10.8. The molecule has 2 unspecified atom stereocenters. The molecule has 2 aliphatic rings. The Bertz CT molecular complexity index is 537. The van der Waals surface area contributed by atoms with E-state index in [1.54, 1.807) is 13.0 Å². The van der Waals surface area contributed by atoms with Crippen molar-refractivity contribution in [2.75, 3.05) is 11.9 Å². The largest absolute Gasteiger partial charge is 0.477 e. The number of carbonyl (C=O) groups is 2. The lowest BCUT2D eigenvalue weighted by atomic mass is 10.1. The first-order valence-electron chi connectivity index (χ1n) is 6.55. The number of aromatic nitrogens is 1. The molecule has 3 N–H and O–H groups in total. The Hall–Kier alpha value is -1.98. The Morgan fingerprint density at radius 3 is 2.84 bits per heavy atom. The number of hydrogen-bond acceptors (Lipinski definition) is 2. The van der Waals surface area contributed by atoms with E-state index in [0.29, 0.717) is 17.6 Å². The van der Waals surface area contributed by atoms with Crippen molar-refractivity contribution in [2.24, 2.45) is 5.92 Å². The predicted molar refractivity (Wildman–Crippen MR) is 69.3 cm³/mol. The van der Waals surface area contributed by atoms with Crippen LogP contribution in [0.3, 0.4) is 0 Å². The van der Waals surface area contributed by atoms with Gasteiger partial charge in [-0.05, 0) is 38.2 Å². The van der Waals surface area contributed by atoms with Gasteiger partial charge >= 0.3 is 12.0 Å². The van der Waals surface area contributed by atoms with Crippen molar-refractivity contribution in [1.82, 2.24) is 9.88 Å². The summed E-state index contributed by atoms with van der Waals surface area (Å²) in [5.41, 5.74) is 1.10. The van der Waals surface area contributed by atoms with Crippen LogP contribution in [0.4, 0.5) is 10.5 Å². The fourth-order valence-corrected chi connectivity index (χ4v) is 3.22. The van der Waals surface area contributed by atoms with Crippen LogP contribution >= 0.6 is 0 Å². The van der Waals surface area contributed by atoms with Gasteiger partial charge in [0.25, 0.3) is 0 Å². The van der Waals surface area contributed by atoms with Gasteiger partial charge in [0.05, 0.1) is 5.69 Å². The fraction of sp³-hybridized carbons (Fsp3) is 0.538. The van der Waals surface area contributed by atoms with Gasteiger partial charge in [0.15, 0.2) is 0 Å². The Balaban J connectivity index is 1.74. The normalized spacial score (nSPS) is 24.8. The number of aryl methyl sites for hydroxylation is 1. The number of amides is 2. The van der Waals surface area contributed by atoms with E-state index in [-0.39, 0.29) is 11.7 Å². The maximum atomic E-state index is 12.2. The van der Waals surface area contributed by atoms with Crippen LogP contribution in [0.1, 0.15) is 35.4 Å². The molecule has 1 saturated carbocycles. The minimum atomic E-state index is -1.06. The number of fused-ring (bicyclic) bond motifs is 2. The first kappa shape index (κ1) is 12.1. The summed E-state index contributed by atoms with van der Waals surface area (Å²) in [7, 11) is 0. The molecule has 6 heteroatoms. The lowest BCUT2D eigenvalue weighted by molar-refractivity contribution is 0.0692. The van der Waals surface area contributed by atoms with Gasteiger partial charge in [-0.25, -0.2) is 9.59 Å². The van der Waals surface area contributed by atoms with Crippen molar-refractivity contribution in [2.45, 2.75) is 32.2 Å². The molecule has 2 fully saturated rings. The number of hydrogen-bond donors (Lipinski definition) is 3. The van der Waals surface area contributed by atoms with Gasteiger partial charge in [-0.3, -0.25) is 0 Å². The molecule has 1 saturated heterocycles. The van der Waals surface area contributed by atoms with Crippen molar-refractivity contribution in [3.63, 3.8) is 0 Å². The standard InChI is InChI=1S/C13H17N3O3/c1-7-4-10(11(14-7)12(17)18)15-13(19)16-6-8-2-3-9(16)5-8/h4,8-9,14H,2-3,5-6H2,1H3,(H,15,19)(H,17,18). The lowest BCUT2D eigenvalue weighted by Gasteiger charge is -2.27. The molecule has 2 bridgehead atoms. The van der Waals surface area contributed by atoms with E-state index in [0.717, 1.165) is 25.1 Å². The van der Waals surface area contributed by atoms with Crippen LogP contribution in [-0.2, 0) is 0 Å². The highest BCUT2D eigenvalue weighted by atomic mass is 16.4. The second kappa shape index (κ2) is 4.29. The molecule has 6 nitrogen and oxygen atoms in total. The van der Waals surface area contributed by atoms with Crippen molar-refractivity contribution in [3.05, 3.63) is 17.5 Å². The summed E-state index contributed by atoms with van der Waals surface area (Å²) >= 11 is 0. The van der Waals surface area contributed by atoms with E-state index in [1.165, 1.54) is 6.42 Å². The molecule has 0 aromatic carbocycles. The Labute approximate surface area is 110 Å². The zero-order valence-corrected chi connectivity index (χ0v) is 10.8. The molecule has 1 aromatic heterocycles. The molecule has 102 valence electrons. The van der Waals surface area contributed by atoms with Crippen molar-refractivity contribution in [3.8, 4) is 0 Å². The van der Waals surface area contributed by atoms with Gasteiger partial charge in [0, 0.05) is 18.3 Å². The van der Waals surface area contributed by atoms with Crippen molar-refractivity contribution in [1.29, 1.82) is 0 Å². The molecule has 0 spiro atoms. The number of aromatic carboxylic acids is 1. The first-order chi connectivity index (χ1) is 9.04. The third kappa shape index (κ3) is 2.07. The quantitative estimate of drug-likeness (QED) is 0.763. The second-order valence-electron chi connectivity index (χ2n) is 5.46. The minimum absolute atomic E-state index is 0.0372. The van der Waals surface area contributed by atoms with Gasteiger partial charge < -0.3 is 20.3 Å². The van der Waals surface area contributed by atoms with Gasteiger partial charge in [0.1, 0.15) is 5.69 Å². The molecule has 2 amide bonds. The molecule has 2 atom stereocenters. The van der Waals surface area contributed by atoms with Crippen LogP contribution in [0.5, 0.6) is 0 Å². The zero-order chi connectivity index (χ0) is 13.6. The maximum Gasteiger partial charge on any atom is 0.354 e. The number of carboxylic acids is 1. The summed E-state index contributed by atoms with van der Waals surface area (Å²) in [5.74, 6) is -0.436. The van der Waals surface area contributed by atoms with Crippen LogP contribution in [0, 0.1) is 12.8 Å². The summed E-state index contributed by atoms with van der Waals surface area (Å²) in [6.07, 6.45) is 3.36. The second-order valence-corrected chi connectivity index (χ2v) is 5.46. The predicted octanol–water partition coefficient (Wildman–Crippen LogP) is 2.04. The number of aromatic amines is 1. The third-order valence-electron chi connectivity index (χ3n) is 4.08. The highest BCUT2D eigenvalue weighted by molar-refractivity contribution is 5.99. The number of urea groups is 1. The molecule has 0 radical (unpaired) electrons. The number of piperidine rings is 1. The number of carboxylic acid groups (broad SMARTS) is 1. The highest BCUT2D eigenvalue weighted by Gasteiger charge is 2.40. The number of nitrogens with zero attached hydrogens (tertiary/aromatic N) is 1. The summed E-state index contributed by atoms with van der Waals surface area (Å²) in [6, 6.07) is 1.79. The number of likely N-dealkylation sites (tertiary alicyclic amines) is 1. The Kier molecular flexibility index (Phi) is 2.73. The molecule has 3 rings (SSSR count). The minimum Gasteiger partial charge on any atom is -0.477 e. The molecule has 19 heavy (non-hydrogen) atoms. The average molecular weight is 263 g/mol. The van der Waals surface area contributed by atoms with Gasteiger partial charge in [0.2, 0.25) is 0 Å². The van der Waals surface area contributed by atoms with E-state index in [4.69, 9.17) is 5.11 Å². The van der Waals surface area contributed by atoms with Gasteiger partial charge in [-0.1, -0.05) is 0 Å². The number of nitrogens with one attached hydrogen (secondary N) is 2. The average Bonchev–Trinajstić information content (AvgIpc) is 3.03. The van der Waals surface area contributed by atoms with Crippen molar-refractivity contribution < 1.29 is 14.7 Å². The maximum absolute atomic E-state index is 12.2. The summed E-state index contributed by atoms with van der Waals surface area (Å²) in [4.78, 5) is 27.8. The number of anilines is 1. The van der Waals surface area contributed by atoms with Crippen LogP contribution in [0.15, 0.2) is 6.07 Å². The van der Waals surface area contributed by atoms with Crippen LogP contribution in [-0.4, -0.2) is 39.6 Å². The molecule has 1 aliphatic heterocycles. The SMILES string of the molecule is Cc1cc(NC(=O)N2CC3CCC2C3)c(C(=O)O)[nH]1.